The molecule has 1 aromatic heterocycles. The van der Waals surface area contributed by atoms with E-state index >= 15 is 0 Å². The number of halogens is 1. The fraction of sp³-hybridized carbons (Fsp3) is 0.167. The monoisotopic (exact) mass is 432 g/mol. The molecule has 2 aromatic carbocycles. The van der Waals surface area contributed by atoms with E-state index in [-0.39, 0.29) is 0 Å². The number of hydrogen-bond acceptors (Lipinski definition) is 5. The van der Waals surface area contributed by atoms with Crippen molar-refractivity contribution in [2.24, 2.45) is 5.10 Å². The topological polar surface area (TPSA) is 64.4 Å². The van der Waals surface area contributed by atoms with Crippen LogP contribution in [0.5, 0.6) is 11.5 Å². The Hall–Kier alpha value is -2.45. The second-order valence-electron chi connectivity index (χ2n) is 5.26. The summed E-state index contributed by atoms with van der Waals surface area (Å²) in [5.74, 6) is 2.14. The summed E-state index contributed by atoms with van der Waals surface area (Å²) in [6, 6.07) is 13.3. The van der Waals surface area contributed by atoms with Gasteiger partial charge in [0.2, 0.25) is 4.77 Å². The lowest BCUT2D eigenvalue weighted by molar-refractivity contribution is 0.340. The molecule has 0 bridgehead atoms. The lowest BCUT2D eigenvalue weighted by Gasteiger charge is -2.06. The zero-order valence-corrected chi connectivity index (χ0v) is 16.7. The van der Waals surface area contributed by atoms with E-state index < -0.39 is 0 Å². The third-order valence-corrected chi connectivity index (χ3v) is 4.44. The average molecular weight is 433 g/mol. The van der Waals surface area contributed by atoms with Crippen LogP contribution in [0.4, 0.5) is 0 Å². The van der Waals surface area contributed by atoms with E-state index in [1.165, 1.54) is 0 Å². The molecule has 0 saturated carbocycles. The minimum Gasteiger partial charge on any atom is -0.496 e. The van der Waals surface area contributed by atoms with Crippen LogP contribution in [0.2, 0.25) is 0 Å². The molecule has 1 heterocycles. The van der Waals surface area contributed by atoms with E-state index in [2.05, 4.69) is 31.2 Å². The summed E-state index contributed by atoms with van der Waals surface area (Å²) >= 11 is 8.78. The van der Waals surface area contributed by atoms with Gasteiger partial charge in [-0.25, -0.2) is 5.10 Å². The quantitative estimate of drug-likeness (QED) is 0.454. The first-order valence-electron chi connectivity index (χ1n) is 7.91. The van der Waals surface area contributed by atoms with Crippen LogP contribution >= 0.6 is 28.1 Å². The Labute approximate surface area is 164 Å². The van der Waals surface area contributed by atoms with Gasteiger partial charge in [0.25, 0.3) is 0 Å². The third kappa shape index (κ3) is 4.03. The Bertz CT molecular complexity index is 997. The van der Waals surface area contributed by atoms with Gasteiger partial charge in [-0.15, -0.1) is 0 Å². The van der Waals surface area contributed by atoms with E-state index in [4.69, 9.17) is 21.7 Å². The highest BCUT2D eigenvalue weighted by atomic mass is 79.9. The fourth-order valence-corrected chi connectivity index (χ4v) is 3.10. The Morgan fingerprint density at radius 1 is 1.31 bits per heavy atom. The molecule has 134 valence electrons. The van der Waals surface area contributed by atoms with Gasteiger partial charge in [0.1, 0.15) is 11.5 Å². The smallest absolute Gasteiger partial charge is 0.216 e. The number of nitrogens with zero attached hydrogens (tertiary/aromatic N) is 3. The summed E-state index contributed by atoms with van der Waals surface area (Å²) in [5.41, 5.74) is 1.76. The van der Waals surface area contributed by atoms with Gasteiger partial charge in [-0.05, 0) is 71.0 Å². The molecule has 3 rings (SSSR count). The highest BCUT2D eigenvalue weighted by Gasteiger charge is 2.09. The van der Waals surface area contributed by atoms with Crippen LogP contribution in [-0.4, -0.2) is 34.8 Å². The van der Waals surface area contributed by atoms with Crippen LogP contribution in [0.25, 0.3) is 11.4 Å². The minimum atomic E-state index is 0.408. The molecule has 0 aliphatic rings. The van der Waals surface area contributed by atoms with Crippen LogP contribution < -0.4 is 9.47 Å². The number of benzene rings is 2. The first kappa shape index (κ1) is 18.3. The van der Waals surface area contributed by atoms with Gasteiger partial charge in [0, 0.05) is 5.56 Å². The van der Waals surface area contributed by atoms with E-state index in [0.717, 1.165) is 27.1 Å². The summed E-state index contributed by atoms with van der Waals surface area (Å²) < 4.78 is 13.6. The fourth-order valence-electron chi connectivity index (χ4n) is 2.36. The summed E-state index contributed by atoms with van der Waals surface area (Å²) in [4.78, 5) is 0. The summed E-state index contributed by atoms with van der Waals surface area (Å²) in [6.07, 6.45) is 1.71. The van der Waals surface area contributed by atoms with Gasteiger partial charge in [-0.2, -0.15) is 14.9 Å². The molecular weight excluding hydrogens is 416 g/mol. The molecule has 8 heteroatoms. The third-order valence-electron chi connectivity index (χ3n) is 3.55. The molecule has 3 aromatic rings. The van der Waals surface area contributed by atoms with Gasteiger partial charge in [0.15, 0.2) is 5.82 Å². The predicted octanol–water partition coefficient (Wildman–Crippen LogP) is 4.66. The largest absolute Gasteiger partial charge is 0.496 e. The molecule has 26 heavy (non-hydrogen) atoms. The van der Waals surface area contributed by atoms with Gasteiger partial charge in [-0.3, -0.25) is 0 Å². The van der Waals surface area contributed by atoms with E-state index in [1.54, 1.807) is 18.0 Å². The Morgan fingerprint density at radius 2 is 2.15 bits per heavy atom. The van der Waals surface area contributed by atoms with Crippen molar-refractivity contribution in [2.45, 2.75) is 6.92 Å². The van der Waals surface area contributed by atoms with Crippen LogP contribution in [-0.2, 0) is 0 Å². The van der Waals surface area contributed by atoms with Crippen molar-refractivity contribution < 1.29 is 9.47 Å². The number of rotatable bonds is 6. The van der Waals surface area contributed by atoms with Crippen LogP contribution in [0, 0.1) is 4.77 Å². The standard InChI is InChI=1S/C18H17BrN4O2S/c1-3-25-14-6-4-5-13(10-14)17-21-22-18(26)23(17)20-11-12-7-8-16(24-2)15(19)9-12/h4-11H,3H2,1-2H3,(H,22,26). The lowest BCUT2D eigenvalue weighted by Crippen LogP contribution is -1.96. The molecule has 0 saturated heterocycles. The first-order chi connectivity index (χ1) is 12.6. The summed E-state index contributed by atoms with van der Waals surface area (Å²) in [7, 11) is 1.63. The molecule has 0 fully saturated rings. The molecule has 0 unspecified atom stereocenters. The molecule has 0 aliphatic carbocycles. The number of nitrogens with one attached hydrogen (secondary N) is 1. The second kappa shape index (κ2) is 8.29. The van der Waals surface area contributed by atoms with Crippen molar-refractivity contribution in [2.75, 3.05) is 13.7 Å². The molecule has 1 N–H and O–H groups in total. The van der Waals surface area contributed by atoms with Gasteiger partial charge >= 0.3 is 0 Å². The zero-order valence-electron chi connectivity index (χ0n) is 14.3. The van der Waals surface area contributed by atoms with Crippen molar-refractivity contribution in [3.05, 3.63) is 57.3 Å². The maximum absolute atomic E-state index is 5.55. The number of hydrogen-bond donors (Lipinski definition) is 1. The first-order valence-corrected chi connectivity index (χ1v) is 9.11. The van der Waals surface area contributed by atoms with Crippen LogP contribution in [0.15, 0.2) is 52.0 Å². The molecule has 0 atom stereocenters. The highest BCUT2D eigenvalue weighted by Crippen LogP contribution is 2.25. The van der Waals surface area contributed by atoms with Gasteiger partial charge in [0.05, 0.1) is 24.4 Å². The molecule has 0 radical (unpaired) electrons. The second-order valence-corrected chi connectivity index (χ2v) is 6.50. The Kier molecular flexibility index (Phi) is 5.85. The molecular formula is C18H17BrN4O2S. The van der Waals surface area contributed by atoms with Gasteiger partial charge < -0.3 is 9.47 Å². The lowest BCUT2D eigenvalue weighted by atomic mass is 10.2. The number of H-pyrrole nitrogens is 1. The van der Waals surface area contributed by atoms with E-state index in [0.29, 0.717) is 17.2 Å². The molecule has 0 aliphatic heterocycles. The van der Waals surface area contributed by atoms with Crippen molar-refractivity contribution in [1.29, 1.82) is 0 Å². The average Bonchev–Trinajstić information content (AvgIpc) is 3.01. The number of aromatic amines is 1. The van der Waals surface area contributed by atoms with Crippen LogP contribution in [0.1, 0.15) is 12.5 Å². The molecule has 0 spiro atoms. The SMILES string of the molecule is CCOc1cccc(-c2n[nH]c(=S)n2N=Cc2ccc(OC)c(Br)c2)c1. The summed E-state index contributed by atoms with van der Waals surface area (Å²) in [5, 5.41) is 11.6. The van der Waals surface area contributed by atoms with Crippen molar-refractivity contribution >= 4 is 34.4 Å². The normalized spacial score (nSPS) is 11.0. The predicted molar refractivity (Wildman–Crippen MR) is 108 cm³/mol. The van der Waals surface area contributed by atoms with E-state index in [1.807, 2.05) is 49.4 Å². The van der Waals surface area contributed by atoms with Crippen LogP contribution in [0.3, 0.4) is 0 Å². The number of aromatic nitrogens is 3. The van der Waals surface area contributed by atoms with Crippen molar-refractivity contribution in [1.82, 2.24) is 14.9 Å². The number of methoxy groups -OCH3 is 1. The Balaban J connectivity index is 1.94. The molecule has 0 amide bonds. The van der Waals surface area contributed by atoms with Crippen molar-refractivity contribution in [3.63, 3.8) is 0 Å². The van der Waals surface area contributed by atoms with Gasteiger partial charge in [-0.1, -0.05) is 12.1 Å². The molecule has 6 nitrogen and oxygen atoms in total. The Morgan fingerprint density at radius 3 is 2.88 bits per heavy atom. The maximum Gasteiger partial charge on any atom is 0.216 e. The zero-order chi connectivity index (χ0) is 18.5. The highest BCUT2D eigenvalue weighted by molar-refractivity contribution is 9.10. The summed E-state index contributed by atoms with van der Waals surface area (Å²) in [6.45, 7) is 2.54. The minimum absolute atomic E-state index is 0.408. The maximum atomic E-state index is 5.55. The number of ether oxygens (including phenoxy) is 2. The van der Waals surface area contributed by atoms with Crippen molar-refractivity contribution in [3.8, 4) is 22.9 Å². The van der Waals surface area contributed by atoms with E-state index in [9.17, 15) is 0 Å².